The number of alkyl halides is 3. The van der Waals surface area contributed by atoms with Crippen molar-refractivity contribution in [3.05, 3.63) is 29.5 Å². The average molecular weight is 365 g/mol. The quantitative estimate of drug-likeness (QED) is 0.882. The second-order valence-corrected chi connectivity index (χ2v) is 7.07. The molecule has 4 rings (SSSR count). The third-order valence-corrected chi connectivity index (χ3v) is 5.17. The van der Waals surface area contributed by atoms with Gasteiger partial charge in [0.2, 0.25) is 5.95 Å². The third kappa shape index (κ3) is 2.57. The number of likely N-dealkylation sites (N-methyl/N-ethyl adjacent to an activating group) is 1. The number of anilines is 1. The second-order valence-electron chi connectivity index (χ2n) is 7.07. The molecule has 2 fully saturated rings. The maximum Gasteiger partial charge on any atom is 0.416 e. The Hall–Kier alpha value is -2.42. The molecule has 0 aliphatic carbocycles. The average Bonchev–Trinajstić information content (AvgIpc) is 2.50. The lowest BCUT2D eigenvalue weighted by Crippen LogP contribution is -2.76. The number of rotatable bonds is 2. The summed E-state index contributed by atoms with van der Waals surface area (Å²) in [6, 6.07) is 2.81. The first-order valence-corrected chi connectivity index (χ1v) is 8.28. The number of halogens is 3. The van der Waals surface area contributed by atoms with Crippen LogP contribution in [0.2, 0.25) is 0 Å². The van der Waals surface area contributed by atoms with Crippen LogP contribution in [0.4, 0.5) is 19.1 Å². The maximum absolute atomic E-state index is 12.7. The third-order valence-electron chi connectivity index (χ3n) is 5.17. The van der Waals surface area contributed by atoms with E-state index in [2.05, 4.69) is 32.0 Å². The van der Waals surface area contributed by atoms with Crippen LogP contribution in [0.5, 0.6) is 5.75 Å². The Balaban J connectivity index is 1.63. The van der Waals surface area contributed by atoms with Crippen LogP contribution in [-0.2, 0) is 6.18 Å². The number of aromatic nitrogens is 3. The first-order valence-electron chi connectivity index (χ1n) is 8.28. The van der Waals surface area contributed by atoms with Crippen molar-refractivity contribution in [3.63, 3.8) is 0 Å². The molecule has 2 aliphatic heterocycles. The zero-order chi connectivity index (χ0) is 18.7. The number of hydrogen-bond acceptors (Lipinski definition) is 6. The molecule has 26 heavy (non-hydrogen) atoms. The standard InChI is InChI=1S/C17H18F3N5O/c1-10-14(12-4-3-11(7-13(12)26)17(18,19)20)22-23-15(21-10)25-6-5-16(25)8-24(2)9-16/h3-4,7,26H,5-6,8-9H2,1-2H3. The van der Waals surface area contributed by atoms with Gasteiger partial charge in [0, 0.05) is 25.2 Å². The van der Waals surface area contributed by atoms with Crippen molar-refractivity contribution in [3.8, 4) is 17.0 Å². The predicted molar refractivity (Wildman–Crippen MR) is 88.9 cm³/mol. The Morgan fingerprint density at radius 3 is 2.42 bits per heavy atom. The molecule has 0 radical (unpaired) electrons. The van der Waals surface area contributed by atoms with E-state index in [0.29, 0.717) is 17.7 Å². The van der Waals surface area contributed by atoms with Gasteiger partial charge in [0.05, 0.1) is 16.8 Å². The molecular weight excluding hydrogens is 347 g/mol. The lowest BCUT2D eigenvalue weighted by atomic mass is 9.78. The predicted octanol–water partition coefficient (Wildman–Crippen LogP) is 2.47. The van der Waals surface area contributed by atoms with E-state index in [0.717, 1.165) is 32.1 Å². The molecule has 0 amide bonds. The van der Waals surface area contributed by atoms with E-state index < -0.39 is 17.5 Å². The SMILES string of the molecule is Cc1nc(N2CCC23CN(C)C3)nnc1-c1ccc(C(F)(F)F)cc1O. The summed E-state index contributed by atoms with van der Waals surface area (Å²) in [5, 5.41) is 18.3. The molecule has 0 bridgehead atoms. The van der Waals surface area contributed by atoms with Crippen LogP contribution < -0.4 is 4.90 Å². The highest BCUT2D eigenvalue weighted by molar-refractivity contribution is 5.69. The minimum Gasteiger partial charge on any atom is -0.507 e. The molecular formula is C17H18F3N5O. The van der Waals surface area contributed by atoms with Crippen LogP contribution in [0.1, 0.15) is 17.7 Å². The normalized spacial score (nSPS) is 19.3. The van der Waals surface area contributed by atoms with E-state index in [4.69, 9.17) is 0 Å². The van der Waals surface area contributed by atoms with Crippen molar-refractivity contribution in [1.82, 2.24) is 20.1 Å². The lowest BCUT2D eigenvalue weighted by molar-refractivity contribution is -0.137. The Morgan fingerprint density at radius 1 is 1.19 bits per heavy atom. The highest BCUT2D eigenvalue weighted by Gasteiger charge is 2.53. The highest BCUT2D eigenvalue weighted by Crippen LogP contribution is 2.41. The van der Waals surface area contributed by atoms with Gasteiger partial charge >= 0.3 is 6.18 Å². The monoisotopic (exact) mass is 365 g/mol. The van der Waals surface area contributed by atoms with Gasteiger partial charge in [0.25, 0.3) is 0 Å². The largest absolute Gasteiger partial charge is 0.507 e. The summed E-state index contributed by atoms with van der Waals surface area (Å²) in [6.45, 7) is 4.48. The van der Waals surface area contributed by atoms with Crippen molar-refractivity contribution in [2.75, 3.05) is 31.6 Å². The van der Waals surface area contributed by atoms with Crippen LogP contribution in [-0.4, -0.2) is 57.4 Å². The number of aryl methyl sites for hydroxylation is 1. The van der Waals surface area contributed by atoms with E-state index >= 15 is 0 Å². The molecule has 2 aliphatic rings. The summed E-state index contributed by atoms with van der Waals surface area (Å²) in [4.78, 5) is 8.84. The number of hydrogen-bond donors (Lipinski definition) is 1. The summed E-state index contributed by atoms with van der Waals surface area (Å²) >= 11 is 0. The number of likely N-dealkylation sites (tertiary alicyclic amines) is 1. The number of aromatic hydroxyl groups is 1. The minimum atomic E-state index is -4.51. The number of phenolic OH excluding ortho intramolecular Hbond substituents is 1. The molecule has 1 N–H and O–H groups in total. The Bertz CT molecular complexity index is 864. The van der Waals surface area contributed by atoms with Gasteiger partial charge in [-0.1, -0.05) is 0 Å². The number of benzene rings is 1. The van der Waals surface area contributed by atoms with Crippen molar-refractivity contribution in [2.45, 2.75) is 25.1 Å². The van der Waals surface area contributed by atoms with Gasteiger partial charge in [-0.05, 0) is 38.6 Å². The molecule has 2 aromatic rings. The fourth-order valence-electron chi connectivity index (χ4n) is 3.80. The molecule has 1 aromatic carbocycles. The van der Waals surface area contributed by atoms with Gasteiger partial charge in [-0.25, -0.2) is 4.98 Å². The van der Waals surface area contributed by atoms with Gasteiger partial charge in [0.1, 0.15) is 11.4 Å². The van der Waals surface area contributed by atoms with Crippen LogP contribution in [0.25, 0.3) is 11.3 Å². The van der Waals surface area contributed by atoms with E-state index in [-0.39, 0.29) is 16.8 Å². The topological polar surface area (TPSA) is 65.4 Å². The summed E-state index contributed by atoms with van der Waals surface area (Å²) in [5.41, 5.74) is 0.148. The molecule has 6 nitrogen and oxygen atoms in total. The first kappa shape index (κ1) is 17.0. The minimum absolute atomic E-state index is 0.0842. The van der Waals surface area contributed by atoms with Crippen LogP contribution in [0.15, 0.2) is 18.2 Å². The zero-order valence-electron chi connectivity index (χ0n) is 14.4. The van der Waals surface area contributed by atoms with E-state index in [1.807, 2.05) is 0 Å². The van der Waals surface area contributed by atoms with Gasteiger partial charge in [-0.2, -0.15) is 13.2 Å². The molecule has 2 saturated heterocycles. The summed E-state index contributed by atoms with van der Waals surface area (Å²) in [6.07, 6.45) is -3.43. The molecule has 3 heterocycles. The molecule has 0 atom stereocenters. The van der Waals surface area contributed by atoms with Crippen molar-refractivity contribution >= 4 is 5.95 Å². The smallest absolute Gasteiger partial charge is 0.416 e. The molecule has 9 heteroatoms. The van der Waals surface area contributed by atoms with Crippen LogP contribution in [0, 0.1) is 6.92 Å². The summed E-state index contributed by atoms with van der Waals surface area (Å²) < 4.78 is 38.2. The fourth-order valence-corrected chi connectivity index (χ4v) is 3.80. The Labute approximate surface area is 148 Å². The number of nitrogens with zero attached hydrogens (tertiary/aromatic N) is 5. The van der Waals surface area contributed by atoms with E-state index in [1.54, 1.807) is 6.92 Å². The van der Waals surface area contributed by atoms with Gasteiger partial charge < -0.3 is 14.9 Å². The molecule has 1 spiro atoms. The molecule has 0 unspecified atom stereocenters. The lowest BCUT2D eigenvalue weighted by Gasteiger charge is -2.61. The highest BCUT2D eigenvalue weighted by atomic mass is 19.4. The van der Waals surface area contributed by atoms with Gasteiger partial charge in [0.15, 0.2) is 0 Å². The Kier molecular flexibility index (Phi) is 3.62. The maximum atomic E-state index is 12.7. The van der Waals surface area contributed by atoms with Crippen LogP contribution >= 0.6 is 0 Å². The Morgan fingerprint density at radius 2 is 1.92 bits per heavy atom. The van der Waals surface area contributed by atoms with Crippen LogP contribution in [0.3, 0.4) is 0 Å². The summed E-state index contributed by atoms with van der Waals surface area (Å²) in [5.74, 6) is 0.0322. The molecule has 138 valence electrons. The van der Waals surface area contributed by atoms with E-state index in [1.165, 1.54) is 6.07 Å². The van der Waals surface area contributed by atoms with E-state index in [9.17, 15) is 18.3 Å². The first-order chi connectivity index (χ1) is 12.2. The van der Waals surface area contributed by atoms with Gasteiger partial charge in [-0.3, -0.25) is 0 Å². The zero-order valence-corrected chi connectivity index (χ0v) is 14.4. The second kappa shape index (κ2) is 5.54. The van der Waals surface area contributed by atoms with Gasteiger partial charge in [-0.15, -0.1) is 10.2 Å². The molecule has 1 aromatic heterocycles. The number of phenols is 1. The van der Waals surface area contributed by atoms with Crippen molar-refractivity contribution < 1.29 is 18.3 Å². The summed E-state index contributed by atoms with van der Waals surface area (Å²) in [7, 11) is 2.06. The fraction of sp³-hybridized carbons (Fsp3) is 0.471. The van der Waals surface area contributed by atoms with Crippen molar-refractivity contribution in [2.24, 2.45) is 0 Å². The van der Waals surface area contributed by atoms with Crippen molar-refractivity contribution in [1.29, 1.82) is 0 Å². The molecule has 0 saturated carbocycles.